The van der Waals surface area contributed by atoms with Gasteiger partial charge in [-0.25, -0.2) is 4.39 Å². The number of benzene rings is 1. The summed E-state index contributed by atoms with van der Waals surface area (Å²) in [4.78, 5) is 0. The van der Waals surface area contributed by atoms with E-state index in [9.17, 15) is 4.39 Å². The second-order valence-electron chi connectivity index (χ2n) is 2.67. The summed E-state index contributed by atoms with van der Waals surface area (Å²) in [6, 6.07) is 4.42. The normalized spacial score (nSPS) is 10.3. The van der Waals surface area contributed by atoms with Crippen molar-refractivity contribution in [3.05, 3.63) is 29.0 Å². The molecule has 78 valence electrons. The van der Waals surface area contributed by atoms with Crippen molar-refractivity contribution in [3.63, 3.8) is 0 Å². The third-order valence-corrected chi connectivity index (χ3v) is 1.93. The average molecular weight is 229 g/mol. The highest BCUT2D eigenvalue weighted by molar-refractivity contribution is 6.31. The van der Waals surface area contributed by atoms with Gasteiger partial charge in [-0.3, -0.25) is 0 Å². The van der Waals surface area contributed by atoms with Gasteiger partial charge in [0.1, 0.15) is 0 Å². The summed E-state index contributed by atoms with van der Waals surface area (Å²) < 4.78 is 18.2. The van der Waals surface area contributed by atoms with Crippen molar-refractivity contribution >= 4 is 29.3 Å². The van der Waals surface area contributed by atoms with Crippen LogP contribution in [0, 0.1) is 5.82 Å². The summed E-state index contributed by atoms with van der Waals surface area (Å²) in [5, 5.41) is 9.49. The Balaban J connectivity index is 2.28. The van der Waals surface area contributed by atoms with Crippen LogP contribution in [0.3, 0.4) is 0 Å². The van der Waals surface area contributed by atoms with E-state index < -0.39 is 5.82 Å². The highest BCUT2D eigenvalue weighted by Crippen LogP contribution is 2.24. The summed E-state index contributed by atoms with van der Waals surface area (Å²) in [5.74, 6) is -0.587. The molecule has 1 aromatic carbocycles. The molecule has 0 saturated carbocycles. The van der Waals surface area contributed by atoms with E-state index in [0.717, 1.165) is 0 Å². The van der Waals surface area contributed by atoms with Crippen LogP contribution in [0.5, 0.6) is 0 Å². The third-order valence-electron chi connectivity index (χ3n) is 1.63. The smallest absolute Gasteiger partial charge is 0.321 e. The van der Waals surface area contributed by atoms with Crippen LogP contribution in [0.25, 0.3) is 0 Å². The molecule has 5 nitrogen and oxygen atoms in total. The Hall–Kier alpha value is -1.82. The van der Waals surface area contributed by atoms with E-state index in [1.165, 1.54) is 12.1 Å². The molecule has 2 rings (SSSR count). The van der Waals surface area contributed by atoms with Crippen molar-refractivity contribution in [3.8, 4) is 0 Å². The van der Waals surface area contributed by atoms with Gasteiger partial charge < -0.3 is 15.5 Å². The maximum atomic E-state index is 13.4. The number of halogens is 2. The topological polar surface area (TPSA) is 77.0 Å². The zero-order chi connectivity index (χ0) is 10.8. The molecule has 0 spiro atoms. The number of hydrogen-bond acceptors (Lipinski definition) is 5. The van der Waals surface area contributed by atoms with E-state index in [-0.39, 0.29) is 22.7 Å². The first kappa shape index (κ1) is 9.72. The van der Waals surface area contributed by atoms with Crippen LogP contribution in [0.15, 0.2) is 22.6 Å². The molecule has 7 heteroatoms. The summed E-state index contributed by atoms with van der Waals surface area (Å²) >= 11 is 5.58. The Labute approximate surface area is 89.0 Å². The lowest BCUT2D eigenvalue weighted by molar-refractivity contribution is 0.589. The van der Waals surface area contributed by atoms with Gasteiger partial charge in [0, 0.05) is 0 Å². The van der Waals surface area contributed by atoms with Crippen LogP contribution in [-0.4, -0.2) is 10.2 Å². The van der Waals surface area contributed by atoms with E-state index in [1.807, 2.05) is 0 Å². The molecule has 0 amide bonds. The van der Waals surface area contributed by atoms with Crippen molar-refractivity contribution in [2.24, 2.45) is 0 Å². The lowest BCUT2D eigenvalue weighted by Crippen LogP contribution is -1.94. The summed E-state index contributed by atoms with van der Waals surface area (Å²) in [6.45, 7) is 0. The molecular weight excluding hydrogens is 223 g/mol. The third kappa shape index (κ3) is 1.99. The number of hydrogen-bond donors (Lipinski definition) is 2. The van der Waals surface area contributed by atoms with Gasteiger partial charge in [0.05, 0.1) is 10.7 Å². The Kier molecular flexibility index (Phi) is 2.42. The van der Waals surface area contributed by atoms with E-state index in [2.05, 4.69) is 15.5 Å². The molecule has 2 aromatic rings. The number of rotatable bonds is 2. The van der Waals surface area contributed by atoms with E-state index in [0.29, 0.717) is 0 Å². The number of aromatic nitrogens is 2. The lowest BCUT2D eigenvalue weighted by atomic mass is 10.3. The Morgan fingerprint density at radius 2 is 2.20 bits per heavy atom. The minimum atomic E-state index is -0.587. The summed E-state index contributed by atoms with van der Waals surface area (Å²) in [5.41, 5.74) is 5.34. The van der Waals surface area contributed by atoms with Crippen molar-refractivity contribution in [2.45, 2.75) is 0 Å². The standard InChI is InChI=1S/C8H6ClFN4O/c9-4-2-1-3-5(6(4)10)12-8-14-13-7(11)15-8/h1-3H,(H2,11,13)(H,12,14). The van der Waals surface area contributed by atoms with Gasteiger partial charge in [0.25, 0.3) is 0 Å². The van der Waals surface area contributed by atoms with Gasteiger partial charge in [-0.2, -0.15) is 0 Å². The zero-order valence-corrected chi connectivity index (χ0v) is 8.12. The summed E-state index contributed by atoms with van der Waals surface area (Å²) in [7, 11) is 0. The molecule has 0 fully saturated rings. The van der Waals surface area contributed by atoms with Crippen LogP contribution in [0.2, 0.25) is 5.02 Å². The Bertz CT molecular complexity index is 487. The lowest BCUT2D eigenvalue weighted by Gasteiger charge is -2.03. The van der Waals surface area contributed by atoms with Crippen LogP contribution in [-0.2, 0) is 0 Å². The highest BCUT2D eigenvalue weighted by Gasteiger charge is 2.09. The Morgan fingerprint density at radius 3 is 2.87 bits per heavy atom. The first-order chi connectivity index (χ1) is 7.16. The largest absolute Gasteiger partial charge is 0.389 e. The van der Waals surface area contributed by atoms with Gasteiger partial charge in [-0.15, -0.1) is 0 Å². The highest BCUT2D eigenvalue weighted by atomic mass is 35.5. The fraction of sp³-hybridized carbons (Fsp3) is 0. The van der Waals surface area contributed by atoms with Gasteiger partial charge in [-0.05, 0) is 12.1 Å². The van der Waals surface area contributed by atoms with Crippen LogP contribution < -0.4 is 11.1 Å². The monoisotopic (exact) mass is 228 g/mol. The second-order valence-corrected chi connectivity index (χ2v) is 3.08. The SMILES string of the molecule is Nc1nnc(Nc2cccc(Cl)c2F)o1. The maximum absolute atomic E-state index is 13.4. The van der Waals surface area contributed by atoms with Gasteiger partial charge in [-0.1, -0.05) is 27.9 Å². The fourth-order valence-electron chi connectivity index (χ4n) is 1.00. The second kappa shape index (κ2) is 3.74. The quantitative estimate of drug-likeness (QED) is 0.824. The van der Waals surface area contributed by atoms with E-state index >= 15 is 0 Å². The molecule has 0 atom stereocenters. The number of nitrogens with one attached hydrogen (secondary N) is 1. The van der Waals surface area contributed by atoms with E-state index in [1.54, 1.807) is 6.07 Å². The number of nitrogen functional groups attached to an aromatic ring is 1. The van der Waals surface area contributed by atoms with Crippen LogP contribution in [0.1, 0.15) is 0 Å². The summed E-state index contributed by atoms with van der Waals surface area (Å²) in [6.07, 6.45) is 0. The minimum Gasteiger partial charge on any atom is -0.389 e. The molecule has 0 bridgehead atoms. The molecule has 15 heavy (non-hydrogen) atoms. The molecule has 1 heterocycles. The molecule has 0 aliphatic rings. The van der Waals surface area contributed by atoms with Crippen molar-refractivity contribution < 1.29 is 8.81 Å². The fourth-order valence-corrected chi connectivity index (χ4v) is 1.18. The number of nitrogens with zero attached hydrogens (tertiary/aromatic N) is 2. The number of nitrogens with two attached hydrogens (primary N) is 1. The maximum Gasteiger partial charge on any atom is 0.321 e. The van der Waals surface area contributed by atoms with Crippen molar-refractivity contribution in [1.82, 2.24) is 10.2 Å². The van der Waals surface area contributed by atoms with Crippen LogP contribution >= 0.6 is 11.6 Å². The number of anilines is 3. The van der Waals surface area contributed by atoms with Crippen molar-refractivity contribution in [2.75, 3.05) is 11.1 Å². The zero-order valence-electron chi connectivity index (χ0n) is 7.37. The minimum absolute atomic E-state index is 0.00693. The molecule has 0 unspecified atom stereocenters. The average Bonchev–Trinajstić information content (AvgIpc) is 2.59. The molecular formula is C8H6ClFN4O. The van der Waals surface area contributed by atoms with Gasteiger partial charge in [0.2, 0.25) is 0 Å². The molecule has 3 N–H and O–H groups in total. The molecule has 0 aliphatic heterocycles. The molecule has 0 saturated heterocycles. The van der Waals surface area contributed by atoms with Gasteiger partial charge >= 0.3 is 12.0 Å². The Morgan fingerprint density at radius 1 is 1.40 bits per heavy atom. The molecule has 0 radical (unpaired) electrons. The first-order valence-corrected chi connectivity index (χ1v) is 4.34. The van der Waals surface area contributed by atoms with Crippen molar-refractivity contribution in [1.29, 1.82) is 0 Å². The predicted octanol–water partition coefficient (Wildman–Crippen LogP) is 2.19. The van der Waals surface area contributed by atoms with Gasteiger partial charge in [0.15, 0.2) is 5.82 Å². The first-order valence-electron chi connectivity index (χ1n) is 3.97. The van der Waals surface area contributed by atoms with Crippen LogP contribution in [0.4, 0.5) is 22.1 Å². The predicted molar refractivity (Wildman–Crippen MR) is 53.4 cm³/mol. The molecule has 1 aromatic heterocycles. The molecule has 0 aliphatic carbocycles. The van der Waals surface area contributed by atoms with E-state index in [4.69, 9.17) is 21.8 Å².